The molecule has 0 aliphatic carbocycles. The zero-order chi connectivity index (χ0) is 29.5. The minimum atomic E-state index is -1.45. The summed E-state index contributed by atoms with van der Waals surface area (Å²) in [6, 6.07) is 12.7. The Balaban J connectivity index is 1.74. The molecule has 1 saturated heterocycles. The lowest BCUT2D eigenvalue weighted by atomic mass is 9.86. The highest BCUT2D eigenvalue weighted by Gasteiger charge is 2.59. The molecule has 0 unspecified atom stereocenters. The summed E-state index contributed by atoms with van der Waals surface area (Å²) in [6.07, 6.45) is 3.98. The number of carbonyl (C=O) groups is 2. The maximum atomic E-state index is 14.7. The number of carbonyl (C=O) groups excluding carboxylic acids is 1. The number of carboxylic acid groups (broad SMARTS) is 1. The van der Waals surface area contributed by atoms with E-state index in [1.165, 1.54) is 11.3 Å². The molecule has 3 atom stereocenters. The average molecular weight is 638 g/mol. The van der Waals surface area contributed by atoms with Crippen LogP contribution < -0.4 is 0 Å². The molecule has 2 aromatic carbocycles. The average Bonchev–Trinajstić information content (AvgIpc) is 3.46. The number of aromatic nitrogens is 3. The van der Waals surface area contributed by atoms with Gasteiger partial charge in [-0.1, -0.05) is 68.7 Å². The minimum absolute atomic E-state index is 0.0243. The molecule has 5 rings (SSSR count). The van der Waals surface area contributed by atoms with E-state index in [0.717, 1.165) is 20.3 Å². The van der Waals surface area contributed by atoms with Gasteiger partial charge in [0, 0.05) is 47.4 Å². The Morgan fingerprint density at radius 2 is 1.95 bits per heavy atom. The molecule has 8 nitrogen and oxygen atoms in total. The number of halogens is 1. The Morgan fingerprint density at radius 3 is 2.56 bits per heavy atom. The number of benzene rings is 2. The van der Waals surface area contributed by atoms with Gasteiger partial charge >= 0.3 is 6.16 Å². The second kappa shape index (κ2) is 11.1. The fourth-order valence-electron chi connectivity index (χ4n) is 5.88. The largest absolute Gasteiger partial charge is 0.507 e. The summed E-state index contributed by atoms with van der Waals surface area (Å²) in [7, 11) is 0. The van der Waals surface area contributed by atoms with E-state index in [4.69, 9.17) is 9.72 Å². The number of hydrogen-bond acceptors (Lipinski definition) is 7. The zero-order valence-electron chi connectivity index (χ0n) is 23.7. The Kier molecular flexibility index (Phi) is 7.91. The normalized spacial score (nSPS) is 21.0. The van der Waals surface area contributed by atoms with Crippen molar-refractivity contribution in [2.45, 2.75) is 70.6 Å². The molecule has 1 aliphatic heterocycles. The number of fused-ring (bicyclic) bond motifs is 1. The van der Waals surface area contributed by atoms with Gasteiger partial charge in [-0.05, 0) is 41.2 Å². The van der Waals surface area contributed by atoms with E-state index >= 15 is 0 Å². The van der Waals surface area contributed by atoms with Gasteiger partial charge in [0.15, 0.2) is 5.72 Å². The van der Waals surface area contributed by atoms with Gasteiger partial charge < -0.3 is 9.84 Å². The van der Waals surface area contributed by atoms with Crippen molar-refractivity contribution in [2.24, 2.45) is 5.92 Å². The number of thiazole rings is 1. The van der Waals surface area contributed by atoms with Crippen molar-refractivity contribution < 1.29 is 19.4 Å². The first-order valence-corrected chi connectivity index (χ1v) is 15.2. The number of amides is 1. The number of ether oxygens (including phenoxy) is 1. The van der Waals surface area contributed by atoms with Crippen molar-refractivity contribution in [3.05, 3.63) is 87.4 Å². The molecule has 4 aromatic rings. The number of para-hydroxylation sites is 1. The Bertz CT molecular complexity index is 1550. The van der Waals surface area contributed by atoms with Crippen molar-refractivity contribution in [1.82, 2.24) is 19.9 Å². The van der Waals surface area contributed by atoms with E-state index in [2.05, 4.69) is 46.7 Å². The van der Waals surface area contributed by atoms with Crippen LogP contribution in [0.3, 0.4) is 0 Å². The smallest absolute Gasteiger partial charge is 0.450 e. The molecule has 1 N–H and O–H groups in total. The van der Waals surface area contributed by atoms with Gasteiger partial charge in [-0.3, -0.25) is 19.7 Å². The quantitative estimate of drug-likeness (QED) is 0.214. The van der Waals surface area contributed by atoms with Gasteiger partial charge in [0.05, 0.1) is 22.0 Å². The van der Waals surface area contributed by atoms with Crippen LogP contribution >= 0.6 is 27.3 Å². The lowest BCUT2D eigenvalue weighted by Gasteiger charge is -2.40. The lowest BCUT2D eigenvalue weighted by Crippen LogP contribution is -2.52. The topological polar surface area (TPSA) is 106 Å². The molecule has 41 heavy (non-hydrogen) atoms. The van der Waals surface area contributed by atoms with Crippen molar-refractivity contribution in [3.63, 3.8) is 0 Å². The molecule has 3 heterocycles. The summed E-state index contributed by atoms with van der Waals surface area (Å²) in [5.74, 6) is -0.705. The maximum absolute atomic E-state index is 14.7. The van der Waals surface area contributed by atoms with E-state index in [9.17, 15) is 14.7 Å². The van der Waals surface area contributed by atoms with Gasteiger partial charge in [-0.15, -0.1) is 11.3 Å². The van der Waals surface area contributed by atoms with Gasteiger partial charge in [0.25, 0.3) is 5.91 Å². The molecule has 1 amide bonds. The van der Waals surface area contributed by atoms with Crippen LogP contribution in [-0.4, -0.2) is 42.7 Å². The van der Waals surface area contributed by atoms with E-state index in [1.807, 2.05) is 50.2 Å². The van der Waals surface area contributed by atoms with Crippen molar-refractivity contribution >= 4 is 49.5 Å². The summed E-state index contributed by atoms with van der Waals surface area (Å²) < 4.78 is 7.58. The van der Waals surface area contributed by atoms with Crippen LogP contribution in [0.4, 0.5) is 4.79 Å². The summed E-state index contributed by atoms with van der Waals surface area (Å²) in [6.45, 7) is 10.3. The Hall–Kier alpha value is -3.37. The van der Waals surface area contributed by atoms with E-state index in [1.54, 1.807) is 29.6 Å². The van der Waals surface area contributed by atoms with Crippen LogP contribution in [0.15, 0.2) is 65.5 Å². The number of hydrogen-bond donors (Lipinski definition) is 1. The number of likely N-dealkylation sites (tertiary alicyclic amines) is 1. The SMILES string of the molecule is CC(C)C[C@]1(OC(=O)O)C[C@H](c2cnccn2)[C@H](c2nc3ccccc3s2)N1C(=O)c1ccc(C(C)(C)C)c(Br)c1. The Labute approximate surface area is 251 Å². The first kappa shape index (κ1) is 29.1. The highest BCUT2D eigenvalue weighted by atomic mass is 79.9. The second-order valence-electron chi connectivity index (χ2n) is 11.9. The van der Waals surface area contributed by atoms with Crippen LogP contribution in [-0.2, 0) is 10.2 Å². The predicted octanol–water partition coefficient (Wildman–Crippen LogP) is 7.95. The molecule has 1 aliphatic rings. The number of rotatable bonds is 6. The third kappa shape index (κ3) is 5.72. The Morgan fingerprint density at radius 1 is 1.20 bits per heavy atom. The molecule has 1 fully saturated rings. The van der Waals surface area contributed by atoms with Crippen LogP contribution in [0.2, 0.25) is 0 Å². The van der Waals surface area contributed by atoms with Crippen molar-refractivity contribution in [2.75, 3.05) is 0 Å². The fourth-order valence-corrected chi connectivity index (χ4v) is 7.97. The zero-order valence-corrected chi connectivity index (χ0v) is 26.1. The van der Waals surface area contributed by atoms with E-state index < -0.39 is 23.8 Å². The summed E-state index contributed by atoms with van der Waals surface area (Å²) in [5, 5.41) is 10.7. The molecule has 0 radical (unpaired) electrons. The highest BCUT2D eigenvalue weighted by Crippen LogP contribution is 2.55. The molecular formula is C31H33BrN4O4S. The van der Waals surface area contributed by atoms with Gasteiger partial charge in [-0.2, -0.15) is 0 Å². The first-order valence-electron chi connectivity index (χ1n) is 13.6. The molecule has 0 spiro atoms. The van der Waals surface area contributed by atoms with Gasteiger partial charge in [0.2, 0.25) is 0 Å². The number of nitrogens with zero attached hydrogens (tertiary/aromatic N) is 4. The lowest BCUT2D eigenvalue weighted by molar-refractivity contribution is -0.108. The predicted molar refractivity (Wildman–Crippen MR) is 162 cm³/mol. The van der Waals surface area contributed by atoms with Crippen LogP contribution in [0, 0.1) is 5.92 Å². The molecule has 0 saturated carbocycles. The first-order chi connectivity index (χ1) is 19.4. The maximum Gasteiger partial charge on any atom is 0.507 e. The second-order valence-corrected chi connectivity index (χ2v) is 13.9. The van der Waals surface area contributed by atoms with E-state index in [0.29, 0.717) is 22.7 Å². The van der Waals surface area contributed by atoms with Crippen LogP contribution in [0.5, 0.6) is 0 Å². The van der Waals surface area contributed by atoms with Crippen molar-refractivity contribution in [3.8, 4) is 0 Å². The molecule has 0 bridgehead atoms. The van der Waals surface area contributed by atoms with Gasteiger partial charge in [0.1, 0.15) is 5.01 Å². The third-order valence-corrected chi connectivity index (χ3v) is 9.17. The summed E-state index contributed by atoms with van der Waals surface area (Å²) in [5.41, 5.74) is 1.37. The van der Waals surface area contributed by atoms with Crippen LogP contribution in [0.1, 0.15) is 86.0 Å². The van der Waals surface area contributed by atoms with E-state index in [-0.39, 0.29) is 23.7 Å². The summed E-state index contributed by atoms with van der Waals surface area (Å²) in [4.78, 5) is 42.4. The van der Waals surface area contributed by atoms with Crippen molar-refractivity contribution in [1.29, 1.82) is 0 Å². The monoisotopic (exact) mass is 636 g/mol. The third-order valence-electron chi connectivity index (χ3n) is 7.41. The fraction of sp³-hybridized carbons (Fsp3) is 0.387. The van der Waals surface area contributed by atoms with Crippen LogP contribution in [0.25, 0.3) is 10.2 Å². The molecule has 214 valence electrons. The highest BCUT2D eigenvalue weighted by molar-refractivity contribution is 9.10. The molecule has 10 heteroatoms. The molecular weight excluding hydrogens is 604 g/mol. The standard InChI is InChI=1S/C31H33BrN4O4S/c1-18(2)15-31(40-29(38)39)16-20(24-17-33-12-13-34-24)26(27-35-23-8-6-7-9-25(23)41-27)36(31)28(37)19-10-11-21(22(32)14-19)30(3,4)5/h6-14,17-18,20,26H,15-16H2,1-5H3,(H,38,39)/t20-,26-,31+/m1/s1. The van der Waals surface area contributed by atoms with Gasteiger partial charge in [-0.25, -0.2) is 9.78 Å². The minimum Gasteiger partial charge on any atom is -0.450 e. The summed E-state index contributed by atoms with van der Waals surface area (Å²) >= 11 is 5.17. The molecule has 2 aromatic heterocycles.